The van der Waals surface area contributed by atoms with E-state index in [2.05, 4.69) is 9.97 Å². The Morgan fingerprint density at radius 1 is 1.20 bits per heavy atom. The second-order valence-corrected chi connectivity index (χ2v) is 6.37. The van der Waals surface area contributed by atoms with Crippen LogP contribution in [0.3, 0.4) is 0 Å². The number of non-ortho nitro benzene ring substituents is 1. The van der Waals surface area contributed by atoms with Gasteiger partial charge in [-0.3, -0.25) is 10.1 Å². The van der Waals surface area contributed by atoms with Gasteiger partial charge in [0.05, 0.1) is 23.6 Å². The Labute approximate surface area is 144 Å². The zero-order valence-electron chi connectivity index (χ0n) is 13.9. The van der Waals surface area contributed by atoms with Gasteiger partial charge in [-0.15, -0.1) is 0 Å². The van der Waals surface area contributed by atoms with Crippen molar-refractivity contribution in [3.8, 4) is 11.4 Å². The Kier molecular flexibility index (Phi) is 4.65. The van der Waals surface area contributed by atoms with Crippen LogP contribution in [0.5, 0.6) is 0 Å². The van der Waals surface area contributed by atoms with Crippen molar-refractivity contribution in [1.82, 2.24) is 9.97 Å². The van der Waals surface area contributed by atoms with Crippen molar-refractivity contribution >= 4 is 11.5 Å². The van der Waals surface area contributed by atoms with Crippen LogP contribution in [0.1, 0.15) is 12.6 Å². The molecule has 1 saturated heterocycles. The Balaban J connectivity index is 1.89. The molecule has 8 nitrogen and oxygen atoms in total. The molecule has 2 N–H and O–H groups in total. The summed E-state index contributed by atoms with van der Waals surface area (Å²) in [6.45, 7) is 2.91. The average Bonchev–Trinajstić information content (AvgIpc) is 2.61. The summed E-state index contributed by atoms with van der Waals surface area (Å²) in [5, 5.41) is 29.6. The van der Waals surface area contributed by atoms with E-state index in [4.69, 9.17) is 0 Å². The molecule has 2 heterocycles. The molecule has 1 aliphatic rings. The van der Waals surface area contributed by atoms with Crippen LogP contribution < -0.4 is 4.90 Å². The van der Waals surface area contributed by atoms with Gasteiger partial charge >= 0.3 is 0 Å². The zero-order chi connectivity index (χ0) is 18.0. The number of anilines is 1. The monoisotopic (exact) mass is 344 g/mol. The van der Waals surface area contributed by atoms with Gasteiger partial charge in [0.15, 0.2) is 5.82 Å². The minimum absolute atomic E-state index is 0.0223. The molecule has 0 aliphatic carbocycles. The lowest BCUT2D eigenvalue weighted by atomic mass is 9.81. The molecular formula is C17H20N4O4. The molecule has 8 heteroatoms. The molecule has 0 saturated carbocycles. The fourth-order valence-corrected chi connectivity index (χ4v) is 2.86. The van der Waals surface area contributed by atoms with Crippen molar-refractivity contribution in [2.24, 2.45) is 5.41 Å². The van der Waals surface area contributed by atoms with Crippen LogP contribution in [0, 0.1) is 15.5 Å². The number of aliphatic hydroxyl groups is 2. The molecule has 0 spiro atoms. The molecule has 0 bridgehead atoms. The first-order valence-electron chi connectivity index (χ1n) is 8.10. The summed E-state index contributed by atoms with van der Waals surface area (Å²) in [5.74, 6) is 1.24. The Bertz CT molecular complexity index is 767. The Morgan fingerprint density at radius 2 is 1.84 bits per heavy atom. The van der Waals surface area contributed by atoms with Crippen LogP contribution in [0.15, 0.2) is 30.3 Å². The lowest BCUT2D eigenvalue weighted by molar-refractivity contribution is -0.384. The molecule has 0 amide bonds. The molecule has 132 valence electrons. The third kappa shape index (κ3) is 3.31. The highest BCUT2D eigenvalue weighted by atomic mass is 16.6. The van der Waals surface area contributed by atoms with Gasteiger partial charge in [-0.1, -0.05) is 6.92 Å². The van der Waals surface area contributed by atoms with Gasteiger partial charge in [0, 0.05) is 42.5 Å². The summed E-state index contributed by atoms with van der Waals surface area (Å²) >= 11 is 0. The maximum Gasteiger partial charge on any atom is 0.269 e. The van der Waals surface area contributed by atoms with Crippen molar-refractivity contribution in [3.63, 3.8) is 0 Å². The van der Waals surface area contributed by atoms with Crippen molar-refractivity contribution in [2.75, 3.05) is 31.2 Å². The van der Waals surface area contributed by atoms with E-state index in [-0.39, 0.29) is 18.9 Å². The summed E-state index contributed by atoms with van der Waals surface area (Å²) in [6.07, 6.45) is 0.731. The number of aliphatic hydroxyl groups excluding tert-OH is 2. The molecule has 0 atom stereocenters. The SMILES string of the molecule is CCc1cc(N2CC(CO)(CO)C2)nc(-c2ccc([N+](=O)[O-])cc2)n1. The molecule has 1 aromatic heterocycles. The fraction of sp³-hybridized carbons (Fsp3) is 0.412. The first-order chi connectivity index (χ1) is 12.0. The second-order valence-electron chi connectivity index (χ2n) is 6.37. The maximum absolute atomic E-state index is 10.8. The number of benzene rings is 1. The zero-order valence-corrected chi connectivity index (χ0v) is 13.9. The van der Waals surface area contributed by atoms with Gasteiger partial charge in [-0.25, -0.2) is 9.97 Å². The van der Waals surface area contributed by atoms with Crippen molar-refractivity contribution in [2.45, 2.75) is 13.3 Å². The minimum atomic E-state index is -0.481. The third-order valence-corrected chi connectivity index (χ3v) is 4.51. The second kappa shape index (κ2) is 6.73. The number of rotatable bonds is 6. The molecule has 3 rings (SSSR count). The van der Waals surface area contributed by atoms with Crippen LogP contribution in [-0.2, 0) is 6.42 Å². The van der Waals surface area contributed by atoms with E-state index in [9.17, 15) is 20.3 Å². The van der Waals surface area contributed by atoms with E-state index in [1.54, 1.807) is 12.1 Å². The quantitative estimate of drug-likeness (QED) is 0.601. The normalized spacial score (nSPS) is 15.7. The number of aromatic nitrogens is 2. The summed E-state index contributed by atoms with van der Waals surface area (Å²) in [6, 6.07) is 8.04. The predicted octanol–water partition coefficient (Wildman–Crippen LogP) is 1.41. The average molecular weight is 344 g/mol. The lowest BCUT2D eigenvalue weighted by Gasteiger charge is -2.48. The first kappa shape index (κ1) is 17.2. The first-order valence-corrected chi connectivity index (χ1v) is 8.10. The van der Waals surface area contributed by atoms with Crippen molar-refractivity contribution < 1.29 is 15.1 Å². The number of aryl methyl sites for hydroxylation is 1. The number of nitrogens with zero attached hydrogens (tertiary/aromatic N) is 4. The van der Waals surface area contributed by atoms with E-state index in [0.29, 0.717) is 24.5 Å². The van der Waals surface area contributed by atoms with Crippen LogP contribution in [0.4, 0.5) is 11.5 Å². The summed E-state index contributed by atoms with van der Waals surface area (Å²) < 4.78 is 0. The predicted molar refractivity (Wildman–Crippen MR) is 92.3 cm³/mol. The molecule has 25 heavy (non-hydrogen) atoms. The van der Waals surface area contributed by atoms with Crippen molar-refractivity contribution in [1.29, 1.82) is 0 Å². The van der Waals surface area contributed by atoms with Gasteiger partial charge in [0.1, 0.15) is 5.82 Å². The molecule has 0 unspecified atom stereocenters. The van der Waals surface area contributed by atoms with Gasteiger partial charge in [0.2, 0.25) is 0 Å². The van der Waals surface area contributed by atoms with Gasteiger partial charge < -0.3 is 15.1 Å². The molecular weight excluding hydrogens is 324 g/mol. The van der Waals surface area contributed by atoms with Crippen LogP contribution in [0.2, 0.25) is 0 Å². The van der Waals surface area contributed by atoms with E-state index in [1.165, 1.54) is 12.1 Å². The summed E-state index contributed by atoms with van der Waals surface area (Å²) in [5.41, 5.74) is 1.11. The minimum Gasteiger partial charge on any atom is -0.396 e. The molecule has 0 radical (unpaired) electrons. The standard InChI is InChI=1S/C17H20N4O4/c1-2-13-7-15(20-8-17(9-20,10-22)11-23)19-16(18-13)12-3-5-14(6-4-12)21(24)25/h3-7,22-23H,2,8-11H2,1H3. The number of hydrogen-bond donors (Lipinski definition) is 2. The molecule has 2 aromatic rings. The smallest absolute Gasteiger partial charge is 0.269 e. The van der Waals surface area contributed by atoms with Crippen LogP contribution in [0.25, 0.3) is 11.4 Å². The Hall–Kier alpha value is -2.58. The van der Waals surface area contributed by atoms with E-state index >= 15 is 0 Å². The maximum atomic E-state index is 10.8. The molecule has 1 fully saturated rings. The van der Waals surface area contributed by atoms with Crippen LogP contribution in [-0.4, -0.2) is 51.4 Å². The van der Waals surface area contributed by atoms with E-state index in [1.807, 2.05) is 17.9 Å². The Morgan fingerprint density at radius 3 is 2.36 bits per heavy atom. The van der Waals surface area contributed by atoms with Gasteiger partial charge in [-0.05, 0) is 18.6 Å². The number of nitro groups is 1. The highest BCUT2D eigenvalue weighted by Gasteiger charge is 2.42. The molecule has 1 aliphatic heterocycles. The van der Waals surface area contributed by atoms with Gasteiger partial charge in [0.25, 0.3) is 5.69 Å². The number of nitro benzene ring substituents is 1. The third-order valence-electron chi connectivity index (χ3n) is 4.51. The van der Waals surface area contributed by atoms with E-state index in [0.717, 1.165) is 17.9 Å². The highest BCUT2D eigenvalue weighted by molar-refractivity contribution is 5.60. The van der Waals surface area contributed by atoms with E-state index < -0.39 is 10.3 Å². The largest absolute Gasteiger partial charge is 0.396 e. The topological polar surface area (TPSA) is 113 Å². The summed E-state index contributed by atoms with van der Waals surface area (Å²) in [4.78, 5) is 21.4. The fourth-order valence-electron chi connectivity index (χ4n) is 2.86. The lowest BCUT2D eigenvalue weighted by Crippen LogP contribution is -2.60. The molecule has 1 aromatic carbocycles. The summed E-state index contributed by atoms with van der Waals surface area (Å²) in [7, 11) is 0. The van der Waals surface area contributed by atoms with Crippen molar-refractivity contribution in [3.05, 3.63) is 46.1 Å². The highest BCUT2D eigenvalue weighted by Crippen LogP contribution is 2.34. The number of hydrogen-bond acceptors (Lipinski definition) is 7. The van der Waals surface area contributed by atoms with Crippen LogP contribution >= 0.6 is 0 Å². The van der Waals surface area contributed by atoms with Gasteiger partial charge in [-0.2, -0.15) is 0 Å².